The highest BCUT2D eigenvalue weighted by atomic mass is 15.3. The Morgan fingerprint density at radius 2 is 2.12 bits per heavy atom. The molecule has 5 nitrogen and oxygen atoms in total. The van der Waals surface area contributed by atoms with Crippen LogP contribution in [0.2, 0.25) is 0 Å². The third kappa shape index (κ3) is 1.93. The van der Waals surface area contributed by atoms with Crippen LogP contribution in [0, 0.1) is 6.92 Å². The van der Waals surface area contributed by atoms with Gasteiger partial charge in [0, 0.05) is 31.7 Å². The molecule has 0 aliphatic carbocycles. The van der Waals surface area contributed by atoms with Gasteiger partial charge < -0.3 is 5.32 Å². The van der Waals surface area contributed by atoms with Gasteiger partial charge in [-0.1, -0.05) is 0 Å². The van der Waals surface area contributed by atoms with E-state index in [2.05, 4.69) is 29.2 Å². The van der Waals surface area contributed by atoms with Gasteiger partial charge in [-0.05, 0) is 20.8 Å². The molecule has 0 aromatic carbocycles. The van der Waals surface area contributed by atoms with Gasteiger partial charge in [-0.15, -0.1) is 0 Å². The predicted molar refractivity (Wildman–Crippen MR) is 63.8 cm³/mol. The summed E-state index contributed by atoms with van der Waals surface area (Å²) in [6, 6.07) is 0.359. The van der Waals surface area contributed by atoms with E-state index >= 15 is 0 Å². The summed E-state index contributed by atoms with van der Waals surface area (Å²) in [5.41, 5.74) is 2.05. The Morgan fingerprint density at radius 1 is 1.38 bits per heavy atom. The molecule has 0 saturated heterocycles. The Kier molecular flexibility index (Phi) is 2.68. The van der Waals surface area contributed by atoms with Crippen molar-refractivity contribution in [3.8, 4) is 5.69 Å². The lowest BCUT2D eigenvalue weighted by Crippen LogP contribution is -2.14. The minimum atomic E-state index is 0.359. The van der Waals surface area contributed by atoms with E-state index in [-0.39, 0.29) is 0 Å². The van der Waals surface area contributed by atoms with Crippen LogP contribution in [-0.4, -0.2) is 25.4 Å². The van der Waals surface area contributed by atoms with Crippen molar-refractivity contribution in [3.05, 3.63) is 24.3 Å². The Hall–Kier alpha value is -1.78. The first kappa shape index (κ1) is 10.7. The summed E-state index contributed by atoms with van der Waals surface area (Å²) in [4.78, 5) is 4.30. The second-order valence-corrected chi connectivity index (χ2v) is 4.19. The maximum Gasteiger partial charge on any atom is 0.207 e. The van der Waals surface area contributed by atoms with Gasteiger partial charge in [-0.3, -0.25) is 9.25 Å². The van der Waals surface area contributed by atoms with Crippen molar-refractivity contribution in [2.75, 3.05) is 5.32 Å². The quantitative estimate of drug-likeness (QED) is 0.855. The zero-order valence-corrected chi connectivity index (χ0v) is 10.1. The van der Waals surface area contributed by atoms with E-state index in [0.29, 0.717) is 6.04 Å². The molecule has 0 saturated carbocycles. The lowest BCUT2D eigenvalue weighted by atomic mass is 10.4. The molecule has 0 aliphatic heterocycles. The molecule has 2 aromatic heterocycles. The fraction of sp³-hybridized carbons (Fsp3) is 0.455. The molecule has 0 aliphatic rings. The summed E-state index contributed by atoms with van der Waals surface area (Å²) < 4.78 is 3.83. The number of imidazole rings is 1. The molecule has 0 amide bonds. The smallest absolute Gasteiger partial charge is 0.207 e. The van der Waals surface area contributed by atoms with Crippen LogP contribution < -0.4 is 5.32 Å². The molecule has 0 unspecified atom stereocenters. The van der Waals surface area contributed by atoms with E-state index in [1.807, 2.05) is 35.6 Å². The summed E-state index contributed by atoms with van der Waals surface area (Å²) >= 11 is 0. The number of hydrogen-bond acceptors (Lipinski definition) is 3. The SMILES string of the molecule is Cc1nn(C)cc1-n1ccnc1NC(C)C. The fourth-order valence-electron chi connectivity index (χ4n) is 1.69. The van der Waals surface area contributed by atoms with E-state index in [1.54, 1.807) is 6.20 Å². The standard InChI is InChI=1S/C11H17N5/c1-8(2)13-11-12-5-6-16(11)10-7-15(4)14-9(10)3/h5-8H,1-4H3,(H,12,13). The average Bonchev–Trinajstić information content (AvgIpc) is 2.72. The van der Waals surface area contributed by atoms with Crippen LogP contribution in [-0.2, 0) is 7.05 Å². The van der Waals surface area contributed by atoms with E-state index < -0.39 is 0 Å². The zero-order valence-electron chi connectivity index (χ0n) is 10.1. The van der Waals surface area contributed by atoms with Gasteiger partial charge >= 0.3 is 0 Å². The second-order valence-electron chi connectivity index (χ2n) is 4.19. The third-order valence-corrected chi connectivity index (χ3v) is 2.31. The first-order chi connectivity index (χ1) is 7.58. The van der Waals surface area contributed by atoms with E-state index in [1.165, 1.54) is 0 Å². The van der Waals surface area contributed by atoms with Crippen molar-refractivity contribution in [1.29, 1.82) is 0 Å². The summed E-state index contributed by atoms with van der Waals surface area (Å²) in [5, 5.41) is 7.63. The van der Waals surface area contributed by atoms with Gasteiger partial charge in [0.15, 0.2) is 0 Å². The maximum atomic E-state index is 4.33. The molecule has 2 aromatic rings. The number of hydrogen-bond donors (Lipinski definition) is 1. The highest BCUT2D eigenvalue weighted by Crippen LogP contribution is 2.17. The first-order valence-electron chi connectivity index (χ1n) is 5.38. The van der Waals surface area contributed by atoms with Crippen LogP contribution in [0.3, 0.4) is 0 Å². The van der Waals surface area contributed by atoms with Crippen molar-refractivity contribution < 1.29 is 0 Å². The molecular formula is C11H17N5. The van der Waals surface area contributed by atoms with Gasteiger partial charge in [-0.2, -0.15) is 5.10 Å². The predicted octanol–water partition coefficient (Wildman–Crippen LogP) is 1.73. The van der Waals surface area contributed by atoms with Crippen LogP contribution in [0.25, 0.3) is 5.69 Å². The highest BCUT2D eigenvalue weighted by molar-refractivity contribution is 5.43. The van der Waals surface area contributed by atoms with Crippen molar-refractivity contribution in [2.45, 2.75) is 26.8 Å². The van der Waals surface area contributed by atoms with Gasteiger partial charge in [0.25, 0.3) is 0 Å². The lowest BCUT2D eigenvalue weighted by molar-refractivity contribution is 0.756. The van der Waals surface area contributed by atoms with Crippen molar-refractivity contribution in [1.82, 2.24) is 19.3 Å². The second kappa shape index (κ2) is 4.00. The van der Waals surface area contributed by atoms with Crippen LogP contribution in [0.4, 0.5) is 5.95 Å². The lowest BCUT2D eigenvalue weighted by Gasteiger charge is -2.11. The molecule has 0 radical (unpaired) electrons. The van der Waals surface area contributed by atoms with Crippen molar-refractivity contribution >= 4 is 5.95 Å². The zero-order chi connectivity index (χ0) is 11.7. The minimum absolute atomic E-state index is 0.359. The van der Waals surface area contributed by atoms with E-state index in [4.69, 9.17) is 0 Å². The molecule has 0 bridgehead atoms. The number of aryl methyl sites for hydroxylation is 2. The number of aromatic nitrogens is 4. The molecule has 0 spiro atoms. The normalized spacial score (nSPS) is 11.1. The Bertz CT molecular complexity index is 480. The molecule has 2 heterocycles. The molecule has 2 rings (SSSR count). The Balaban J connectivity index is 2.40. The Labute approximate surface area is 95.1 Å². The summed E-state index contributed by atoms with van der Waals surface area (Å²) in [5.74, 6) is 0.853. The third-order valence-electron chi connectivity index (χ3n) is 2.31. The molecule has 16 heavy (non-hydrogen) atoms. The van der Waals surface area contributed by atoms with Crippen LogP contribution >= 0.6 is 0 Å². The van der Waals surface area contributed by atoms with Gasteiger partial charge in [0.1, 0.15) is 0 Å². The summed E-state index contributed by atoms with van der Waals surface area (Å²) in [6.07, 6.45) is 5.72. The topological polar surface area (TPSA) is 47.7 Å². The molecule has 0 atom stereocenters. The minimum Gasteiger partial charge on any atom is -0.353 e. The highest BCUT2D eigenvalue weighted by Gasteiger charge is 2.10. The number of nitrogens with one attached hydrogen (secondary N) is 1. The van der Waals surface area contributed by atoms with E-state index in [0.717, 1.165) is 17.3 Å². The van der Waals surface area contributed by atoms with Gasteiger partial charge in [-0.25, -0.2) is 4.98 Å². The van der Waals surface area contributed by atoms with Gasteiger partial charge in [0.05, 0.1) is 11.4 Å². The molecule has 1 N–H and O–H groups in total. The largest absolute Gasteiger partial charge is 0.353 e. The maximum absolute atomic E-state index is 4.33. The average molecular weight is 219 g/mol. The Morgan fingerprint density at radius 3 is 2.69 bits per heavy atom. The van der Waals surface area contributed by atoms with Gasteiger partial charge in [0.2, 0.25) is 5.95 Å². The fourth-order valence-corrected chi connectivity index (χ4v) is 1.69. The molecule has 0 fully saturated rings. The van der Waals surface area contributed by atoms with E-state index in [9.17, 15) is 0 Å². The summed E-state index contributed by atoms with van der Waals surface area (Å²) in [6.45, 7) is 6.18. The molecule has 86 valence electrons. The molecule has 5 heteroatoms. The summed E-state index contributed by atoms with van der Waals surface area (Å²) in [7, 11) is 1.92. The van der Waals surface area contributed by atoms with Crippen LogP contribution in [0.5, 0.6) is 0 Å². The monoisotopic (exact) mass is 219 g/mol. The van der Waals surface area contributed by atoms with Crippen LogP contribution in [0.15, 0.2) is 18.6 Å². The van der Waals surface area contributed by atoms with Crippen molar-refractivity contribution in [2.24, 2.45) is 7.05 Å². The number of nitrogens with zero attached hydrogens (tertiary/aromatic N) is 4. The molecular weight excluding hydrogens is 202 g/mol. The van der Waals surface area contributed by atoms with Crippen LogP contribution in [0.1, 0.15) is 19.5 Å². The first-order valence-corrected chi connectivity index (χ1v) is 5.38. The number of anilines is 1. The number of rotatable bonds is 3. The van der Waals surface area contributed by atoms with Crippen molar-refractivity contribution in [3.63, 3.8) is 0 Å².